The van der Waals surface area contributed by atoms with Crippen molar-refractivity contribution in [3.05, 3.63) is 125 Å². The van der Waals surface area contributed by atoms with E-state index < -0.39 is 6.61 Å². The first-order chi connectivity index (χ1) is 17.0. The number of aryl methyl sites for hydroxylation is 3. The number of rotatable bonds is 8. The monoisotopic (exact) mass is 470 g/mol. The van der Waals surface area contributed by atoms with Crippen molar-refractivity contribution in [3.8, 4) is 17.6 Å². The van der Waals surface area contributed by atoms with Gasteiger partial charge in [0.1, 0.15) is 11.6 Å². The van der Waals surface area contributed by atoms with E-state index in [0.717, 1.165) is 36.6 Å². The molecule has 0 bridgehead atoms. The molecular weight excluding hydrogens is 445 g/mol. The highest BCUT2D eigenvalue weighted by atomic mass is 19.3. The molecule has 0 unspecified atom stereocenters. The second-order valence-electron chi connectivity index (χ2n) is 8.28. The van der Waals surface area contributed by atoms with Crippen LogP contribution < -0.4 is 4.74 Å². The number of hydrogen-bond donors (Lipinski definition) is 0. The van der Waals surface area contributed by atoms with Crippen molar-refractivity contribution >= 4 is 10.8 Å². The van der Waals surface area contributed by atoms with Gasteiger partial charge < -0.3 is 4.74 Å². The van der Waals surface area contributed by atoms with Gasteiger partial charge in [-0.25, -0.2) is 4.39 Å². The molecule has 0 radical (unpaired) electrons. The Labute approximate surface area is 203 Å². The molecule has 0 saturated heterocycles. The van der Waals surface area contributed by atoms with Crippen LogP contribution in [0.25, 0.3) is 10.8 Å². The molecule has 0 fully saturated rings. The van der Waals surface area contributed by atoms with Crippen molar-refractivity contribution in [1.29, 1.82) is 0 Å². The molecule has 1 nitrogen and oxygen atoms in total. The van der Waals surface area contributed by atoms with Gasteiger partial charge in [0.25, 0.3) is 0 Å². The maximum absolute atomic E-state index is 15.1. The van der Waals surface area contributed by atoms with Gasteiger partial charge >= 0.3 is 6.61 Å². The van der Waals surface area contributed by atoms with Crippen molar-refractivity contribution in [2.45, 2.75) is 32.3 Å². The predicted molar refractivity (Wildman–Crippen MR) is 135 cm³/mol. The van der Waals surface area contributed by atoms with Crippen molar-refractivity contribution in [2.75, 3.05) is 0 Å². The summed E-state index contributed by atoms with van der Waals surface area (Å²) in [5, 5.41) is 1.35. The van der Waals surface area contributed by atoms with Crippen LogP contribution in [0.5, 0.6) is 5.75 Å². The minimum Gasteiger partial charge on any atom is -0.435 e. The Morgan fingerprint density at radius 1 is 0.771 bits per heavy atom. The number of alkyl halides is 2. The molecule has 0 N–H and O–H groups in total. The molecule has 0 aliphatic carbocycles. The summed E-state index contributed by atoms with van der Waals surface area (Å²) < 4.78 is 43.9. The maximum Gasteiger partial charge on any atom is 0.387 e. The molecule has 4 aromatic rings. The van der Waals surface area contributed by atoms with E-state index in [1.807, 2.05) is 24.3 Å². The minimum atomic E-state index is -2.88. The smallest absolute Gasteiger partial charge is 0.387 e. The van der Waals surface area contributed by atoms with Crippen LogP contribution in [-0.4, -0.2) is 6.61 Å². The van der Waals surface area contributed by atoms with E-state index in [1.54, 1.807) is 24.3 Å². The van der Waals surface area contributed by atoms with Gasteiger partial charge in [0.2, 0.25) is 0 Å². The fourth-order valence-electron chi connectivity index (χ4n) is 3.88. The Bertz CT molecular complexity index is 1360. The molecule has 0 aliphatic heterocycles. The predicted octanol–water partition coefficient (Wildman–Crippen LogP) is 7.88. The lowest BCUT2D eigenvalue weighted by Gasteiger charge is -2.07. The van der Waals surface area contributed by atoms with Crippen LogP contribution in [-0.2, 0) is 19.3 Å². The van der Waals surface area contributed by atoms with Crippen LogP contribution in [0.1, 0.15) is 34.2 Å². The quantitative estimate of drug-likeness (QED) is 0.188. The Balaban J connectivity index is 1.44. The lowest BCUT2D eigenvalue weighted by molar-refractivity contribution is -0.0498. The van der Waals surface area contributed by atoms with E-state index >= 15 is 4.39 Å². The van der Waals surface area contributed by atoms with Gasteiger partial charge in [0.15, 0.2) is 0 Å². The zero-order valence-electron chi connectivity index (χ0n) is 19.2. The highest BCUT2D eigenvalue weighted by Crippen LogP contribution is 2.23. The number of fused-ring (bicyclic) bond motifs is 1. The van der Waals surface area contributed by atoms with Crippen LogP contribution in [0, 0.1) is 17.7 Å². The highest BCUT2D eigenvalue weighted by molar-refractivity contribution is 5.85. The van der Waals surface area contributed by atoms with E-state index in [2.05, 4.69) is 47.4 Å². The zero-order valence-corrected chi connectivity index (χ0v) is 19.2. The van der Waals surface area contributed by atoms with Gasteiger partial charge in [-0.15, -0.1) is 6.58 Å². The third-order valence-corrected chi connectivity index (χ3v) is 5.80. The summed E-state index contributed by atoms with van der Waals surface area (Å²) in [6, 6.07) is 24.0. The van der Waals surface area contributed by atoms with Crippen molar-refractivity contribution in [1.82, 2.24) is 0 Å². The van der Waals surface area contributed by atoms with Gasteiger partial charge in [-0.1, -0.05) is 66.4 Å². The Hall–Kier alpha value is -3.97. The second kappa shape index (κ2) is 11.4. The standard InChI is InChI=1S/C31H25F3O/c1-2-3-4-22-5-7-23(8-6-22)9-10-25-14-20-29-27(21-25)17-16-26(30(29)32)15-11-24-12-18-28(19-13-24)35-31(33)34/h2,5-8,12-14,16-21,31H,1,3-4,9-10H2. The summed E-state index contributed by atoms with van der Waals surface area (Å²) in [6.07, 6.45) is 5.71. The van der Waals surface area contributed by atoms with E-state index in [9.17, 15) is 8.78 Å². The number of benzene rings is 4. The average molecular weight is 471 g/mol. The van der Waals surface area contributed by atoms with E-state index in [-0.39, 0.29) is 17.1 Å². The first-order valence-corrected chi connectivity index (χ1v) is 11.5. The van der Waals surface area contributed by atoms with E-state index in [1.165, 1.54) is 23.3 Å². The molecule has 0 spiro atoms. The lowest BCUT2D eigenvalue weighted by Crippen LogP contribution is -2.01. The fourth-order valence-corrected chi connectivity index (χ4v) is 3.88. The molecule has 0 aliphatic rings. The van der Waals surface area contributed by atoms with Crippen molar-refractivity contribution in [2.24, 2.45) is 0 Å². The Kier molecular flexibility index (Phi) is 7.90. The Morgan fingerprint density at radius 3 is 2.11 bits per heavy atom. The van der Waals surface area contributed by atoms with Crippen LogP contribution in [0.2, 0.25) is 0 Å². The van der Waals surface area contributed by atoms with Crippen LogP contribution in [0.4, 0.5) is 13.2 Å². The number of ether oxygens (including phenoxy) is 1. The summed E-state index contributed by atoms with van der Waals surface area (Å²) in [5.74, 6) is 5.40. The molecule has 0 saturated carbocycles. The molecule has 0 aromatic heterocycles. The molecular formula is C31H25F3O. The lowest BCUT2D eigenvalue weighted by atomic mass is 9.98. The van der Waals surface area contributed by atoms with Gasteiger partial charge in [0, 0.05) is 10.9 Å². The summed E-state index contributed by atoms with van der Waals surface area (Å²) in [4.78, 5) is 0. The highest BCUT2D eigenvalue weighted by Gasteiger charge is 2.07. The first-order valence-electron chi connectivity index (χ1n) is 11.5. The number of halogens is 3. The minimum absolute atomic E-state index is 0.0544. The normalized spacial score (nSPS) is 10.7. The molecule has 0 amide bonds. The summed E-state index contributed by atoms with van der Waals surface area (Å²) in [7, 11) is 0. The fraction of sp³-hybridized carbons (Fsp3) is 0.161. The van der Waals surface area contributed by atoms with Gasteiger partial charge in [-0.2, -0.15) is 8.78 Å². The van der Waals surface area contributed by atoms with Gasteiger partial charge in [-0.3, -0.25) is 0 Å². The third-order valence-electron chi connectivity index (χ3n) is 5.80. The van der Waals surface area contributed by atoms with Crippen LogP contribution in [0.3, 0.4) is 0 Å². The van der Waals surface area contributed by atoms with Gasteiger partial charge in [-0.05, 0) is 78.1 Å². The van der Waals surface area contributed by atoms with E-state index in [0.29, 0.717) is 10.9 Å². The molecule has 0 atom stereocenters. The summed E-state index contributed by atoms with van der Waals surface area (Å²) >= 11 is 0. The molecule has 0 heterocycles. The third kappa shape index (κ3) is 6.55. The van der Waals surface area contributed by atoms with Crippen molar-refractivity contribution < 1.29 is 17.9 Å². The SMILES string of the molecule is C=CCCc1ccc(CCc2ccc3c(F)c(C#Cc4ccc(OC(F)F)cc4)ccc3c2)cc1. The number of allylic oxidation sites excluding steroid dienone is 1. The molecule has 4 heteroatoms. The molecule has 35 heavy (non-hydrogen) atoms. The molecule has 4 rings (SSSR count). The average Bonchev–Trinajstić information content (AvgIpc) is 2.87. The van der Waals surface area contributed by atoms with Crippen molar-refractivity contribution in [3.63, 3.8) is 0 Å². The Morgan fingerprint density at radius 2 is 1.43 bits per heavy atom. The largest absolute Gasteiger partial charge is 0.435 e. The molecule has 4 aromatic carbocycles. The zero-order chi connectivity index (χ0) is 24.6. The van der Waals surface area contributed by atoms with E-state index in [4.69, 9.17) is 0 Å². The summed E-state index contributed by atoms with van der Waals surface area (Å²) in [6.45, 7) is 0.890. The maximum atomic E-state index is 15.1. The topological polar surface area (TPSA) is 9.23 Å². The number of hydrogen-bond acceptors (Lipinski definition) is 1. The van der Waals surface area contributed by atoms with Gasteiger partial charge in [0.05, 0.1) is 5.56 Å². The first kappa shape index (κ1) is 24.2. The van der Waals surface area contributed by atoms with Crippen LogP contribution >= 0.6 is 0 Å². The second-order valence-corrected chi connectivity index (χ2v) is 8.28. The molecule has 176 valence electrons. The summed E-state index contributed by atoms with van der Waals surface area (Å²) in [5.41, 5.74) is 4.60. The van der Waals surface area contributed by atoms with Crippen LogP contribution in [0.15, 0.2) is 91.5 Å².